The van der Waals surface area contributed by atoms with Gasteiger partial charge in [-0.2, -0.15) is 0 Å². The molecule has 0 aliphatic carbocycles. The van der Waals surface area contributed by atoms with Gasteiger partial charge < -0.3 is 36.2 Å². The lowest BCUT2D eigenvalue weighted by molar-refractivity contribution is 0.0884. The fraction of sp³-hybridized carbons (Fsp3) is 0.176. The molecule has 0 aliphatic heterocycles. The summed E-state index contributed by atoms with van der Waals surface area (Å²) in [6.45, 7) is -0.701. The van der Waals surface area contributed by atoms with E-state index >= 15 is 0 Å². The monoisotopic (exact) mass is 362 g/mol. The number of carbonyl (C=O) groups excluding carboxylic acids is 2. The molecule has 9 heteroatoms. The summed E-state index contributed by atoms with van der Waals surface area (Å²) in [6.07, 6.45) is 0. The lowest BCUT2D eigenvalue weighted by atomic mass is 10.1. The van der Waals surface area contributed by atoms with Gasteiger partial charge in [-0.25, -0.2) is 0 Å². The summed E-state index contributed by atoms with van der Waals surface area (Å²) in [5, 5.41) is 52.3. The van der Waals surface area contributed by atoms with Crippen molar-refractivity contribution in [1.82, 2.24) is 10.6 Å². The molecular weight excluding hydrogens is 344 g/mol. The SMILES string of the molecule is O=C(NCC(CO)NC(=O)c1cccc(O)c1O)c1cccc(O)c1O. The second-order valence-corrected chi connectivity index (χ2v) is 5.41. The van der Waals surface area contributed by atoms with Gasteiger partial charge in [-0.15, -0.1) is 0 Å². The molecule has 0 saturated carbocycles. The van der Waals surface area contributed by atoms with E-state index in [0.29, 0.717) is 0 Å². The number of carbonyl (C=O) groups is 2. The Morgan fingerprint density at radius 2 is 1.35 bits per heavy atom. The van der Waals surface area contributed by atoms with E-state index < -0.39 is 47.5 Å². The average Bonchev–Trinajstić information content (AvgIpc) is 2.62. The molecule has 2 rings (SSSR count). The van der Waals surface area contributed by atoms with Gasteiger partial charge in [0.15, 0.2) is 23.0 Å². The molecule has 0 aliphatic rings. The number of benzene rings is 2. The normalized spacial score (nSPS) is 11.6. The third-order valence-corrected chi connectivity index (χ3v) is 3.58. The minimum absolute atomic E-state index is 0.168. The quantitative estimate of drug-likeness (QED) is 0.357. The van der Waals surface area contributed by atoms with E-state index in [-0.39, 0.29) is 17.7 Å². The summed E-state index contributed by atoms with van der Waals surface area (Å²) < 4.78 is 0. The fourth-order valence-electron chi connectivity index (χ4n) is 2.16. The molecule has 0 saturated heterocycles. The van der Waals surface area contributed by atoms with Crippen LogP contribution in [0, 0.1) is 0 Å². The summed E-state index contributed by atoms with van der Waals surface area (Å²) in [6, 6.07) is 6.84. The zero-order valence-electron chi connectivity index (χ0n) is 13.5. The van der Waals surface area contributed by atoms with Crippen LogP contribution in [0.5, 0.6) is 23.0 Å². The Labute approximate surface area is 148 Å². The van der Waals surface area contributed by atoms with E-state index in [0.717, 1.165) is 0 Å². The molecule has 1 atom stereocenters. The van der Waals surface area contributed by atoms with Crippen LogP contribution < -0.4 is 10.6 Å². The van der Waals surface area contributed by atoms with Gasteiger partial charge in [0.25, 0.3) is 11.8 Å². The van der Waals surface area contributed by atoms with Gasteiger partial charge in [0.05, 0.1) is 23.8 Å². The summed E-state index contributed by atoms with van der Waals surface area (Å²) in [5.74, 6) is -3.58. The number of phenolic OH excluding ortho intramolecular Hbond substituents is 4. The van der Waals surface area contributed by atoms with Gasteiger partial charge in [-0.05, 0) is 24.3 Å². The van der Waals surface area contributed by atoms with Crippen LogP contribution in [0.2, 0.25) is 0 Å². The Morgan fingerprint density at radius 3 is 1.85 bits per heavy atom. The highest BCUT2D eigenvalue weighted by atomic mass is 16.3. The molecule has 9 nitrogen and oxygen atoms in total. The smallest absolute Gasteiger partial charge is 0.255 e. The van der Waals surface area contributed by atoms with Crippen LogP contribution in [0.25, 0.3) is 0 Å². The predicted molar refractivity (Wildman–Crippen MR) is 90.2 cm³/mol. The first-order chi connectivity index (χ1) is 12.3. The number of nitrogens with one attached hydrogen (secondary N) is 2. The van der Waals surface area contributed by atoms with Crippen LogP contribution in [-0.2, 0) is 0 Å². The van der Waals surface area contributed by atoms with E-state index in [1.165, 1.54) is 36.4 Å². The van der Waals surface area contributed by atoms with Crippen molar-refractivity contribution in [2.45, 2.75) is 6.04 Å². The predicted octanol–water partition coefficient (Wildman–Crippen LogP) is 0.0297. The number of aliphatic hydroxyl groups excluding tert-OH is 1. The summed E-state index contributed by atoms with van der Waals surface area (Å²) >= 11 is 0. The number of para-hydroxylation sites is 2. The molecule has 26 heavy (non-hydrogen) atoms. The number of rotatable bonds is 6. The standard InChI is InChI=1S/C17H18N2O7/c20-8-9(19-17(26)11-4-2-6-13(22)15(11)24)7-18-16(25)10-3-1-5-12(21)14(10)23/h1-6,9,20-24H,7-8H2,(H,18,25)(H,19,26). The first-order valence-electron chi connectivity index (χ1n) is 7.57. The Morgan fingerprint density at radius 1 is 0.846 bits per heavy atom. The van der Waals surface area contributed by atoms with Crippen LogP contribution in [-0.4, -0.2) is 56.5 Å². The molecule has 7 N–H and O–H groups in total. The Kier molecular flexibility index (Phi) is 5.86. The van der Waals surface area contributed by atoms with E-state index in [1.807, 2.05) is 0 Å². The summed E-state index contributed by atoms with van der Waals surface area (Å²) in [7, 11) is 0. The van der Waals surface area contributed by atoms with Crippen molar-refractivity contribution < 1.29 is 35.1 Å². The van der Waals surface area contributed by atoms with E-state index in [1.54, 1.807) is 0 Å². The molecule has 0 fully saturated rings. The molecule has 138 valence electrons. The number of aromatic hydroxyl groups is 4. The van der Waals surface area contributed by atoms with Crippen molar-refractivity contribution in [2.24, 2.45) is 0 Å². The average molecular weight is 362 g/mol. The van der Waals surface area contributed by atoms with E-state index in [4.69, 9.17) is 0 Å². The molecular formula is C17H18N2O7. The number of hydrogen-bond donors (Lipinski definition) is 7. The molecule has 1 unspecified atom stereocenters. The third kappa shape index (κ3) is 4.14. The first-order valence-corrected chi connectivity index (χ1v) is 7.57. The van der Waals surface area contributed by atoms with Crippen molar-refractivity contribution in [3.63, 3.8) is 0 Å². The minimum Gasteiger partial charge on any atom is -0.504 e. The molecule has 0 heterocycles. The zero-order valence-corrected chi connectivity index (χ0v) is 13.5. The van der Waals surface area contributed by atoms with Crippen LogP contribution in [0.1, 0.15) is 20.7 Å². The number of aliphatic hydroxyl groups is 1. The number of amides is 2. The maximum Gasteiger partial charge on any atom is 0.255 e. The van der Waals surface area contributed by atoms with Gasteiger partial charge in [0.2, 0.25) is 0 Å². The molecule has 2 aromatic rings. The van der Waals surface area contributed by atoms with Gasteiger partial charge in [0.1, 0.15) is 0 Å². The van der Waals surface area contributed by atoms with E-state index in [2.05, 4.69) is 10.6 Å². The fourth-order valence-corrected chi connectivity index (χ4v) is 2.16. The van der Waals surface area contributed by atoms with Gasteiger partial charge in [-0.3, -0.25) is 9.59 Å². The maximum atomic E-state index is 12.1. The Bertz CT molecular complexity index is 823. The van der Waals surface area contributed by atoms with Crippen LogP contribution in [0.15, 0.2) is 36.4 Å². The Hall–Kier alpha value is -3.46. The lowest BCUT2D eigenvalue weighted by Crippen LogP contribution is -2.45. The van der Waals surface area contributed by atoms with Gasteiger partial charge in [0, 0.05) is 6.54 Å². The zero-order chi connectivity index (χ0) is 19.3. The molecule has 0 radical (unpaired) electrons. The summed E-state index contributed by atoms with van der Waals surface area (Å²) in [4.78, 5) is 24.2. The highest BCUT2D eigenvalue weighted by Crippen LogP contribution is 2.28. The molecule has 0 aromatic heterocycles. The molecule has 0 spiro atoms. The minimum atomic E-state index is -0.896. The van der Waals surface area contributed by atoms with Crippen molar-refractivity contribution in [3.05, 3.63) is 47.5 Å². The van der Waals surface area contributed by atoms with Crippen LogP contribution in [0.4, 0.5) is 0 Å². The van der Waals surface area contributed by atoms with E-state index in [9.17, 15) is 35.1 Å². The van der Waals surface area contributed by atoms with Gasteiger partial charge >= 0.3 is 0 Å². The van der Waals surface area contributed by atoms with Gasteiger partial charge in [-0.1, -0.05) is 12.1 Å². The molecule has 2 amide bonds. The first kappa shape index (κ1) is 18.9. The van der Waals surface area contributed by atoms with Crippen molar-refractivity contribution in [1.29, 1.82) is 0 Å². The Balaban J connectivity index is 2.01. The highest BCUT2D eigenvalue weighted by Gasteiger charge is 2.19. The van der Waals surface area contributed by atoms with Crippen molar-refractivity contribution in [3.8, 4) is 23.0 Å². The van der Waals surface area contributed by atoms with Crippen molar-refractivity contribution in [2.75, 3.05) is 13.2 Å². The second-order valence-electron chi connectivity index (χ2n) is 5.41. The second kappa shape index (κ2) is 8.08. The topological polar surface area (TPSA) is 159 Å². The maximum absolute atomic E-state index is 12.1. The number of phenols is 4. The molecule has 2 aromatic carbocycles. The summed E-state index contributed by atoms with van der Waals surface area (Å²) in [5.41, 5.74) is -0.362. The van der Waals surface area contributed by atoms with Crippen LogP contribution in [0.3, 0.4) is 0 Å². The highest BCUT2D eigenvalue weighted by molar-refractivity contribution is 5.98. The van der Waals surface area contributed by atoms with Crippen molar-refractivity contribution >= 4 is 11.8 Å². The molecule has 0 bridgehead atoms. The number of hydrogen-bond acceptors (Lipinski definition) is 7. The lowest BCUT2D eigenvalue weighted by Gasteiger charge is -2.18. The largest absolute Gasteiger partial charge is 0.504 e. The third-order valence-electron chi connectivity index (χ3n) is 3.58. The van der Waals surface area contributed by atoms with Crippen LogP contribution >= 0.6 is 0 Å².